The molecule has 0 saturated heterocycles. The van der Waals surface area contributed by atoms with E-state index in [1.54, 1.807) is 0 Å². The lowest BCUT2D eigenvalue weighted by Crippen LogP contribution is -2.43. The van der Waals surface area contributed by atoms with Gasteiger partial charge in [-0.2, -0.15) is 23.5 Å². The lowest BCUT2D eigenvalue weighted by Gasteiger charge is -2.35. The van der Waals surface area contributed by atoms with Crippen molar-refractivity contribution in [2.75, 3.05) is 48.4 Å². The molecule has 0 aromatic heterocycles. The molecule has 1 aliphatic carbocycles. The smallest absolute Gasteiger partial charge is 0.327 e. The predicted molar refractivity (Wildman–Crippen MR) is 211 cm³/mol. The molecule has 1 saturated carbocycles. The van der Waals surface area contributed by atoms with Crippen molar-refractivity contribution in [3.05, 3.63) is 0 Å². The number of carbonyl (C=O) groups excluding carboxylic acids is 7. The molecule has 13 nitrogen and oxygen atoms in total. The Morgan fingerprint density at radius 1 is 0.700 bits per heavy atom. The number of Topliss-reactive ketones (excluding diaryl/α,β-unsaturated/α-hetero) is 3. The van der Waals surface area contributed by atoms with Gasteiger partial charge in [0, 0.05) is 69.1 Å². The number of ketones is 3. The summed E-state index contributed by atoms with van der Waals surface area (Å²) in [4.78, 5) is 97.2. The minimum atomic E-state index is -1.30. The van der Waals surface area contributed by atoms with Crippen molar-refractivity contribution in [2.24, 2.45) is 0 Å². The summed E-state index contributed by atoms with van der Waals surface area (Å²) in [5.41, 5.74) is 0. The number of rotatable bonds is 30. The van der Waals surface area contributed by atoms with E-state index in [0.717, 1.165) is 33.1 Å². The Kier molecular flexibility index (Phi) is 24.2. The molecule has 1 fully saturated rings. The van der Waals surface area contributed by atoms with Crippen molar-refractivity contribution < 1.29 is 46.2 Å². The molecule has 0 aromatic carbocycles. The molecule has 284 valence electrons. The Morgan fingerprint density at radius 2 is 1.14 bits per heavy atom. The van der Waals surface area contributed by atoms with E-state index >= 15 is 0 Å². The molecule has 0 radical (unpaired) electrons. The van der Waals surface area contributed by atoms with E-state index in [1.165, 1.54) is 25.7 Å². The standard InChI is InChI=1S/C31H52N4O9P2S4/c1-2-3-12-47-25-6-7-26(25)48-13-4-5-24(38)22(34-29(41)10-8-27(39)32-14-20(36)16-45)18-49-50-19-23(31(43)44)35-30(42)11-9-28(40)33-15-21(37)17-46/h22-23,25-26H,2-19,45-46H2,1H3,(H,32,39)(H,33,40)(H,34,41)(H,35,42)(H,43,44)/i16T,17T. The maximum Gasteiger partial charge on any atom is 0.327 e. The average Bonchev–Trinajstić information content (AvgIpc) is 3.09. The Bertz CT molecular complexity index is 1230. The van der Waals surface area contributed by atoms with Crippen LogP contribution >= 0.6 is 63.6 Å². The van der Waals surface area contributed by atoms with Crippen LogP contribution in [-0.4, -0.2) is 123 Å². The van der Waals surface area contributed by atoms with Crippen molar-refractivity contribution >= 4 is 111 Å². The van der Waals surface area contributed by atoms with Crippen LogP contribution in [0.4, 0.5) is 0 Å². The maximum atomic E-state index is 13.3. The van der Waals surface area contributed by atoms with Crippen molar-refractivity contribution in [2.45, 2.75) is 93.7 Å². The van der Waals surface area contributed by atoms with Crippen LogP contribution in [0, 0.1) is 0 Å². The molecule has 1 aliphatic rings. The van der Waals surface area contributed by atoms with Gasteiger partial charge in [-0.15, -0.1) is 18.5 Å². The highest BCUT2D eigenvalue weighted by atomic mass is 33.1. The van der Waals surface area contributed by atoms with Gasteiger partial charge in [-0.1, -0.05) is 34.9 Å². The van der Waals surface area contributed by atoms with Gasteiger partial charge in [-0.25, -0.2) is 4.79 Å². The lowest BCUT2D eigenvalue weighted by atomic mass is 9.99. The second-order valence-electron chi connectivity index (χ2n) is 11.3. The third kappa shape index (κ3) is 21.9. The molecule has 8 atom stereocenters. The second kappa shape index (κ2) is 28.2. The molecule has 0 aromatic rings. The summed E-state index contributed by atoms with van der Waals surface area (Å²) in [6.45, 7) is 1.50. The molecule has 0 heterocycles. The molecular weight excluding hydrogens is 763 g/mol. The summed E-state index contributed by atoms with van der Waals surface area (Å²) in [6, 6.07) is -2.20. The van der Waals surface area contributed by atoms with E-state index in [-0.39, 0.29) is 62.5 Å². The first kappa shape index (κ1) is 43.0. The number of unbranched alkanes of at least 4 members (excludes halogenated alkanes) is 1. The molecule has 8 unspecified atom stereocenters. The summed E-state index contributed by atoms with van der Waals surface area (Å²) in [5, 5.41) is 20.6. The first-order valence-electron chi connectivity index (χ1n) is 17.6. The van der Waals surface area contributed by atoms with Gasteiger partial charge in [0.1, 0.15) is 6.04 Å². The van der Waals surface area contributed by atoms with Crippen LogP contribution in [0.15, 0.2) is 0 Å². The molecule has 0 spiro atoms. The Balaban J connectivity index is 2.64. The quantitative estimate of drug-likeness (QED) is 0.0402. The topological polar surface area (TPSA) is 205 Å². The van der Waals surface area contributed by atoms with Crippen molar-refractivity contribution in [3.8, 4) is 0 Å². The van der Waals surface area contributed by atoms with E-state index in [9.17, 15) is 43.5 Å². The van der Waals surface area contributed by atoms with E-state index in [1.807, 2.05) is 42.0 Å². The Hall–Kier alpha value is -1.38. The minimum Gasteiger partial charge on any atom is -0.480 e. The lowest BCUT2D eigenvalue weighted by molar-refractivity contribution is -0.141. The van der Waals surface area contributed by atoms with Gasteiger partial charge in [-0.05, 0) is 37.2 Å². The summed E-state index contributed by atoms with van der Waals surface area (Å²) in [5.74, 6) is -2.88. The average molecular weight is 819 g/mol. The third-order valence-corrected chi connectivity index (χ3v) is 13.6. The fourth-order valence-corrected chi connectivity index (χ4v) is 9.87. The maximum absolute atomic E-state index is 13.3. The van der Waals surface area contributed by atoms with Gasteiger partial charge >= 0.3 is 5.97 Å². The Labute approximate surface area is 318 Å². The zero-order chi connectivity index (χ0) is 39.1. The highest BCUT2D eigenvalue weighted by Gasteiger charge is 2.31. The van der Waals surface area contributed by atoms with E-state index < -0.39 is 65.5 Å². The normalized spacial score (nSPS) is 18.1. The molecule has 19 heteroatoms. The fourth-order valence-electron chi connectivity index (χ4n) is 4.13. The van der Waals surface area contributed by atoms with E-state index in [2.05, 4.69) is 28.2 Å². The number of aliphatic carboxylic acids is 1. The first-order valence-corrected chi connectivity index (χ1v) is 22.3. The number of nitrogens with one attached hydrogen (secondary N) is 4. The van der Waals surface area contributed by atoms with Crippen molar-refractivity contribution in [1.29, 1.82) is 0 Å². The number of hydrogen-bond acceptors (Lipinski definition) is 12. The van der Waals surface area contributed by atoms with Crippen LogP contribution in [0.2, 0.25) is 0 Å². The Morgan fingerprint density at radius 3 is 1.58 bits per heavy atom. The second-order valence-corrected chi connectivity index (χ2v) is 17.2. The van der Waals surface area contributed by atoms with Gasteiger partial charge < -0.3 is 26.4 Å². The van der Waals surface area contributed by atoms with Gasteiger partial charge in [0.25, 0.3) is 0 Å². The number of carboxylic acids is 1. The van der Waals surface area contributed by atoms with E-state index in [0.29, 0.717) is 16.9 Å². The summed E-state index contributed by atoms with van der Waals surface area (Å²) in [6.07, 6.45) is 2.42. The molecular formula is C31H52N4O9P2S4. The third-order valence-electron chi connectivity index (χ3n) is 7.24. The SMILES string of the molecule is [3H]C(P)C(=O)CNC(=O)CCC(=O)NC(CSSCC(NC(=O)CCC(=O)NCC(=O)C([3H])P)C(=O)CCCSC1CCC1SCCCC)C(=O)O. The molecule has 4 amide bonds. The van der Waals surface area contributed by atoms with Crippen LogP contribution in [-0.2, 0) is 38.4 Å². The first-order chi connectivity index (χ1) is 24.6. The molecule has 50 heavy (non-hydrogen) atoms. The van der Waals surface area contributed by atoms with Gasteiger partial charge in [-0.3, -0.25) is 33.6 Å². The zero-order valence-corrected chi connectivity index (χ0v) is 33.9. The van der Waals surface area contributed by atoms with Gasteiger partial charge in [0.2, 0.25) is 23.6 Å². The summed E-state index contributed by atoms with van der Waals surface area (Å²) < 4.78 is 14.6. The summed E-state index contributed by atoms with van der Waals surface area (Å²) >= 11 is 3.90. The number of carboxylic acid groups (broad SMARTS) is 1. The zero-order valence-electron chi connectivity index (χ0n) is 30.3. The summed E-state index contributed by atoms with van der Waals surface area (Å²) in [7, 11) is 6.25. The van der Waals surface area contributed by atoms with Crippen LogP contribution in [0.3, 0.4) is 0 Å². The monoisotopic (exact) mass is 818 g/mol. The number of carbonyl (C=O) groups is 8. The van der Waals surface area contributed by atoms with Crippen molar-refractivity contribution in [1.82, 2.24) is 21.3 Å². The van der Waals surface area contributed by atoms with Crippen LogP contribution in [0.1, 0.15) is 73.9 Å². The number of thioether (sulfide) groups is 2. The van der Waals surface area contributed by atoms with Crippen LogP contribution < -0.4 is 21.3 Å². The van der Waals surface area contributed by atoms with Crippen LogP contribution in [0.25, 0.3) is 0 Å². The highest BCUT2D eigenvalue weighted by molar-refractivity contribution is 8.76. The van der Waals surface area contributed by atoms with Gasteiger partial charge in [0.05, 0.1) is 19.1 Å². The van der Waals surface area contributed by atoms with Crippen molar-refractivity contribution in [3.63, 3.8) is 0 Å². The molecule has 0 aliphatic heterocycles. The van der Waals surface area contributed by atoms with Crippen LogP contribution in [0.5, 0.6) is 0 Å². The fraction of sp³-hybridized carbons (Fsp3) is 0.742. The minimum absolute atomic E-state index is 0.0792. The number of hydrogen-bond donors (Lipinski definition) is 5. The number of amides is 4. The molecule has 0 bridgehead atoms. The highest BCUT2D eigenvalue weighted by Crippen LogP contribution is 2.40. The molecule has 5 N–H and O–H groups in total. The van der Waals surface area contributed by atoms with E-state index in [4.69, 9.17) is 2.74 Å². The molecule has 1 rings (SSSR count). The largest absolute Gasteiger partial charge is 0.480 e. The van der Waals surface area contributed by atoms with Gasteiger partial charge in [0.15, 0.2) is 17.3 Å². The predicted octanol–water partition coefficient (Wildman–Crippen LogP) is 2.25.